The van der Waals surface area contributed by atoms with Crippen molar-refractivity contribution in [2.45, 2.75) is 50.7 Å². The minimum absolute atomic E-state index is 0.0343. The van der Waals surface area contributed by atoms with E-state index in [1.54, 1.807) is 0 Å². The van der Waals surface area contributed by atoms with E-state index >= 15 is 0 Å². The zero-order valence-corrected chi connectivity index (χ0v) is 16.7. The molecule has 6 nitrogen and oxygen atoms in total. The molecule has 7 heteroatoms. The predicted octanol–water partition coefficient (Wildman–Crippen LogP) is 2.32. The number of carbonyl (C=O) groups is 3. The average molecular weight is 402 g/mol. The highest BCUT2D eigenvalue weighted by Crippen LogP contribution is 2.54. The van der Waals surface area contributed by atoms with Crippen molar-refractivity contribution in [3.05, 3.63) is 35.6 Å². The molecular formula is C22H27FN2O4. The summed E-state index contributed by atoms with van der Waals surface area (Å²) in [6, 6.07) is 5.40. The number of amides is 2. The van der Waals surface area contributed by atoms with Crippen LogP contribution in [-0.4, -0.2) is 53.8 Å². The fourth-order valence-corrected chi connectivity index (χ4v) is 5.17. The molecule has 3 aliphatic heterocycles. The Bertz CT molecular complexity index is 812. The molecule has 3 saturated heterocycles. The van der Waals surface area contributed by atoms with Gasteiger partial charge in [-0.2, -0.15) is 0 Å². The zero-order valence-electron chi connectivity index (χ0n) is 16.7. The molecule has 156 valence electrons. The molecule has 4 atom stereocenters. The molecule has 1 N–H and O–H groups in total. The Balaban J connectivity index is 1.33. The number of hydrogen-bond acceptors (Lipinski definition) is 4. The molecule has 29 heavy (non-hydrogen) atoms. The average Bonchev–Trinajstić information content (AvgIpc) is 3.39. The van der Waals surface area contributed by atoms with E-state index in [0.717, 1.165) is 12.8 Å². The lowest BCUT2D eigenvalue weighted by atomic mass is 9.73. The van der Waals surface area contributed by atoms with Gasteiger partial charge in [-0.1, -0.05) is 6.92 Å². The number of carbonyl (C=O) groups excluding carboxylic acids is 3. The van der Waals surface area contributed by atoms with Crippen LogP contribution in [-0.2, 0) is 14.3 Å². The minimum atomic E-state index is -0.389. The molecule has 4 rings (SSSR count). The number of benzene rings is 1. The van der Waals surface area contributed by atoms with Gasteiger partial charge in [0.15, 0.2) is 5.78 Å². The third kappa shape index (κ3) is 3.80. The van der Waals surface area contributed by atoms with E-state index in [9.17, 15) is 18.8 Å². The summed E-state index contributed by atoms with van der Waals surface area (Å²) in [5.41, 5.74) is 0.132. The first-order chi connectivity index (χ1) is 13.9. The van der Waals surface area contributed by atoms with Gasteiger partial charge in [-0.3, -0.25) is 14.4 Å². The molecule has 3 heterocycles. The van der Waals surface area contributed by atoms with Crippen molar-refractivity contribution >= 4 is 17.6 Å². The van der Waals surface area contributed by atoms with E-state index in [1.807, 2.05) is 11.8 Å². The Kier molecular flexibility index (Phi) is 5.42. The number of ketones is 1. The molecule has 0 aliphatic carbocycles. The summed E-state index contributed by atoms with van der Waals surface area (Å²) in [6.07, 6.45) is 2.78. The number of fused-ring (bicyclic) bond motifs is 1. The first-order valence-corrected chi connectivity index (χ1v) is 10.4. The van der Waals surface area contributed by atoms with Crippen LogP contribution in [0.25, 0.3) is 0 Å². The third-order valence-corrected chi connectivity index (χ3v) is 6.72. The van der Waals surface area contributed by atoms with Crippen LogP contribution in [0, 0.1) is 17.7 Å². The maximum atomic E-state index is 13.0. The van der Waals surface area contributed by atoms with Gasteiger partial charge >= 0.3 is 0 Å². The van der Waals surface area contributed by atoms with Crippen LogP contribution in [0.4, 0.5) is 4.39 Å². The van der Waals surface area contributed by atoms with Gasteiger partial charge in [-0.05, 0) is 37.1 Å². The smallest absolute Gasteiger partial charge is 0.223 e. The first kappa shape index (κ1) is 20.0. The van der Waals surface area contributed by atoms with Crippen molar-refractivity contribution in [1.82, 2.24) is 10.2 Å². The highest BCUT2D eigenvalue weighted by molar-refractivity contribution is 5.97. The maximum Gasteiger partial charge on any atom is 0.223 e. The number of rotatable bonds is 7. The summed E-state index contributed by atoms with van der Waals surface area (Å²) in [6.45, 7) is 3.61. The van der Waals surface area contributed by atoms with Crippen molar-refractivity contribution in [2.75, 3.05) is 19.6 Å². The minimum Gasteiger partial charge on any atom is -0.369 e. The van der Waals surface area contributed by atoms with E-state index < -0.39 is 0 Å². The second-order valence-electron chi connectivity index (χ2n) is 8.39. The summed E-state index contributed by atoms with van der Waals surface area (Å²) >= 11 is 0. The molecule has 1 aromatic rings. The summed E-state index contributed by atoms with van der Waals surface area (Å²) in [5.74, 6) is -0.0963. The summed E-state index contributed by atoms with van der Waals surface area (Å²) in [7, 11) is 0. The molecule has 2 amide bonds. The van der Waals surface area contributed by atoms with Gasteiger partial charge in [0.05, 0.1) is 18.2 Å². The lowest BCUT2D eigenvalue weighted by Crippen LogP contribution is -2.41. The molecule has 0 radical (unpaired) electrons. The fourth-order valence-electron chi connectivity index (χ4n) is 5.17. The summed E-state index contributed by atoms with van der Waals surface area (Å²) in [4.78, 5) is 38.5. The fraction of sp³-hybridized carbons (Fsp3) is 0.591. The van der Waals surface area contributed by atoms with Crippen molar-refractivity contribution in [3.63, 3.8) is 0 Å². The number of hydrogen-bond donors (Lipinski definition) is 1. The van der Waals surface area contributed by atoms with Gasteiger partial charge < -0.3 is 15.0 Å². The topological polar surface area (TPSA) is 75.7 Å². The highest BCUT2D eigenvalue weighted by atomic mass is 19.1. The highest BCUT2D eigenvalue weighted by Gasteiger charge is 2.63. The van der Waals surface area contributed by atoms with Crippen molar-refractivity contribution < 1.29 is 23.5 Å². The normalized spacial score (nSPS) is 29.7. The molecule has 1 spiro atoms. The largest absolute Gasteiger partial charge is 0.369 e. The maximum absolute atomic E-state index is 13.0. The van der Waals surface area contributed by atoms with E-state index in [-0.39, 0.29) is 59.8 Å². The molecule has 3 aliphatic rings. The third-order valence-electron chi connectivity index (χ3n) is 6.72. The van der Waals surface area contributed by atoms with Crippen molar-refractivity contribution in [1.29, 1.82) is 0 Å². The Morgan fingerprint density at radius 2 is 2.00 bits per heavy atom. The molecule has 1 aromatic carbocycles. The molecular weight excluding hydrogens is 375 g/mol. The van der Waals surface area contributed by atoms with Gasteiger partial charge in [-0.25, -0.2) is 4.39 Å². The number of nitrogens with zero attached hydrogens (tertiary/aromatic N) is 1. The Morgan fingerprint density at radius 1 is 1.24 bits per heavy atom. The summed E-state index contributed by atoms with van der Waals surface area (Å²) in [5, 5.41) is 2.98. The number of ether oxygens (including phenoxy) is 1. The second kappa shape index (κ2) is 7.86. The number of likely N-dealkylation sites (tertiary alicyclic amines) is 1. The van der Waals surface area contributed by atoms with Crippen molar-refractivity contribution in [2.24, 2.45) is 11.8 Å². The van der Waals surface area contributed by atoms with Gasteiger partial charge in [0, 0.05) is 49.8 Å². The first-order valence-electron chi connectivity index (χ1n) is 10.4. The van der Waals surface area contributed by atoms with Crippen LogP contribution < -0.4 is 5.32 Å². The zero-order chi connectivity index (χ0) is 20.6. The van der Waals surface area contributed by atoms with E-state index in [1.165, 1.54) is 24.3 Å². The second-order valence-corrected chi connectivity index (χ2v) is 8.39. The molecule has 0 saturated carbocycles. The quantitative estimate of drug-likeness (QED) is 0.711. The van der Waals surface area contributed by atoms with E-state index in [4.69, 9.17) is 4.74 Å². The Morgan fingerprint density at radius 3 is 2.72 bits per heavy atom. The SMILES string of the molecule is CCC(=O)NC[C@H]1[C@H]2CN(C(=O)CCC(=O)c3ccc(F)cc3)C[C@]23CC[C@H]1O3. The van der Waals surface area contributed by atoms with Crippen LogP contribution in [0.2, 0.25) is 0 Å². The predicted molar refractivity (Wildman–Crippen MR) is 104 cm³/mol. The number of Topliss-reactive ketones (excluding diaryl/α,β-unsaturated/α-hetero) is 1. The van der Waals surface area contributed by atoms with Crippen molar-refractivity contribution in [3.8, 4) is 0 Å². The van der Waals surface area contributed by atoms with Crippen LogP contribution in [0.3, 0.4) is 0 Å². The Hall–Kier alpha value is -2.28. The summed E-state index contributed by atoms with van der Waals surface area (Å²) < 4.78 is 19.3. The molecule has 0 aromatic heterocycles. The van der Waals surface area contributed by atoms with Gasteiger partial charge in [0.25, 0.3) is 0 Å². The van der Waals surface area contributed by atoms with Crippen LogP contribution in [0.1, 0.15) is 49.4 Å². The molecule has 3 fully saturated rings. The van der Waals surface area contributed by atoms with Gasteiger partial charge in [0.1, 0.15) is 5.82 Å². The van der Waals surface area contributed by atoms with Gasteiger partial charge in [-0.15, -0.1) is 0 Å². The van der Waals surface area contributed by atoms with E-state index in [0.29, 0.717) is 31.6 Å². The Labute approximate surface area is 169 Å². The monoisotopic (exact) mass is 402 g/mol. The van der Waals surface area contributed by atoms with E-state index in [2.05, 4.69) is 5.32 Å². The number of nitrogens with one attached hydrogen (secondary N) is 1. The lowest BCUT2D eigenvalue weighted by molar-refractivity contribution is -0.131. The standard InChI is InChI=1S/C22H27FN2O4/c1-2-20(27)24-11-16-17-12-25(13-22(17)10-9-19(16)29-22)21(28)8-7-18(26)14-3-5-15(23)6-4-14/h3-6,16-17,19H,2,7-13H2,1H3,(H,24,27)/t16-,17+,19+,22+/m0/s1. The van der Waals surface area contributed by atoms with Crippen LogP contribution in [0.5, 0.6) is 0 Å². The molecule has 2 bridgehead atoms. The van der Waals surface area contributed by atoms with Crippen LogP contribution >= 0.6 is 0 Å². The lowest BCUT2D eigenvalue weighted by Gasteiger charge is -2.29. The molecule has 0 unspecified atom stereocenters. The van der Waals surface area contributed by atoms with Crippen LogP contribution in [0.15, 0.2) is 24.3 Å². The number of halogens is 1. The van der Waals surface area contributed by atoms with Gasteiger partial charge in [0.2, 0.25) is 11.8 Å².